The molecule has 2 aromatic carbocycles. The fraction of sp³-hybridized carbons (Fsp3) is 0.0526. The number of thioether (sulfide) groups is 1. The van der Waals surface area contributed by atoms with Gasteiger partial charge in [-0.2, -0.15) is 0 Å². The van der Waals surface area contributed by atoms with Gasteiger partial charge >= 0.3 is 0 Å². The van der Waals surface area contributed by atoms with Crippen molar-refractivity contribution < 1.29 is 9.59 Å². The number of nitrogens with zero attached hydrogens (tertiary/aromatic N) is 1. The summed E-state index contributed by atoms with van der Waals surface area (Å²) in [5.41, 5.74) is 1.90. The third-order valence-electron chi connectivity index (χ3n) is 3.46. The number of hydrogen-bond donors (Lipinski definition) is 0. The fourth-order valence-corrected chi connectivity index (χ4v) is 3.15. The first kappa shape index (κ1) is 16.6. The molecule has 0 unspecified atom stereocenters. The lowest BCUT2D eigenvalue weighted by Crippen LogP contribution is -2.27. The van der Waals surface area contributed by atoms with Gasteiger partial charge in [0, 0.05) is 5.02 Å². The molecule has 120 valence electrons. The molecule has 3 rings (SSSR count). The number of halogens is 1. The van der Waals surface area contributed by atoms with E-state index >= 15 is 0 Å². The average Bonchev–Trinajstić information content (AvgIpc) is 2.85. The predicted molar refractivity (Wildman–Crippen MR) is 98.5 cm³/mol. The number of rotatable bonds is 4. The monoisotopic (exact) mass is 355 g/mol. The molecule has 5 heteroatoms. The van der Waals surface area contributed by atoms with Crippen molar-refractivity contribution >= 4 is 40.6 Å². The van der Waals surface area contributed by atoms with E-state index in [4.69, 9.17) is 11.6 Å². The summed E-state index contributed by atoms with van der Waals surface area (Å²) in [6, 6.07) is 16.9. The van der Waals surface area contributed by atoms with Crippen molar-refractivity contribution in [3.8, 4) is 0 Å². The lowest BCUT2D eigenvalue weighted by Gasteiger charge is -2.12. The Hall–Kier alpha value is -2.30. The normalized spacial score (nSPS) is 16.5. The molecular formula is C19H14ClNO2S. The Morgan fingerprint density at radius 2 is 1.71 bits per heavy atom. The van der Waals surface area contributed by atoms with Crippen LogP contribution < -0.4 is 0 Å². The maximum absolute atomic E-state index is 12.4. The Morgan fingerprint density at radius 1 is 1.00 bits per heavy atom. The minimum atomic E-state index is -0.266. The molecule has 1 heterocycles. The number of carbonyl (C=O) groups is 2. The summed E-state index contributed by atoms with van der Waals surface area (Å²) in [7, 11) is 0. The van der Waals surface area contributed by atoms with Gasteiger partial charge < -0.3 is 0 Å². The van der Waals surface area contributed by atoms with Crippen LogP contribution in [0.2, 0.25) is 5.02 Å². The maximum Gasteiger partial charge on any atom is 0.293 e. The van der Waals surface area contributed by atoms with Crippen LogP contribution in [0.5, 0.6) is 0 Å². The van der Waals surface area contributed by atoms with Crippen LogP contribution in [0.3, 0.4) is 0 Å². The molecule has 0 radical (unpaired) electrons. The Balaban J connectivity index is 1.70. The summed E-state index contributed by atoms with van der Waals surface area (Å²) in [6.07, 6.45) is 5.36. The largest absolute Gasteiger partial charge is 0.293 e. The molecule has 1 aliphatic rings. The fourth-order valence-electron chi connectivity index (χ4n) is 2.23. The molecule has 0 saturated carbocycles. The highest BCUT2D eigenvalue weighted by Crippen LogP contribution is 2.32. The van der Waals surface area contributed by atoms with E-state index < -0.39 is 0 Å². The first-order valence-electron chi connectivity index (χ1n) is 7.35. The van der Waals surface area contributed by atoms with Crippen LogP contribution in [0.1, 0.15) is 11.1 Å². The molecule has 2 aromatic rings. The molecule has 1 aliphatic heterocycles. The number of amides is 2. The molecule has 0 bridgehead atoms. The van der Waals surface area contributed by atoms with E-state index in [2.05, 4.69) is 0 Å². The van der Waals surface area contributed by atoms with Crippen molar-refractivity contribution in [3.05, 3.63) is 87.8 Å². The van der Waals surface area contributed by atoms with E-state index in [0.717, 1.165) is 22.9 Å². The van der Waals surface area contributed by atoms with Crippen LogP contribution in [0.25, 0.3) is 6.08 Å². The molecule has 0 spiro atoms. The maximum atomic E-state index is 12.4. The third-order valence-corrected chi connectivity index (χ3v) is 4.64. The highest BCUT2D eigenvalue weighted by atomic mass is 35.5. The van der Waals surface area contributed by atoms with E-state index in [1.54, 1.807) is 24.3 Å². The van der Waals surface area contributed by atoms with Gasteiger partial charge in [-0.15, -0.1) is 0 Å². The third kappa shape index (κ3) is 3.96. The smallest absolute Gasteiger partial charge is 0.268 e. The van der Waals surface area contributed by atoms with Gasteiger partial charge in [0.25, 0.3) is 11.1 Å². The number of allylic oxidation sites excluding steroid dienone is 2. The van der Waals surface area contributed by atoms with Crippen LogP contribution in [-0.2, 0) is 11.3 Å². The number of benzene rings is 2. The zero-order chi connectivity index (χ0) is 16.9. The molecule has 0 aliphatic carbocycles. The number of imide groups is 1. The first-order valence-corrected chi connectivity index (χ1v) is 8.54. The Morgan fingerprint density at radius 3 is 2.42 bits per heavy atom. The zero-order valence-corrected chi connectivity index (χ0v) is 14.3. The summed E-state index contributed by atoms with van der Waals surface area (Å²) in [5, 5.41) is 0.369. The second kappa shape index (κ2) is 7.51. The minimum absolute atomic E-state index is 0.252. The molecule has 0 aromatic heterocycles. The zero-order valence-electron chi connectivity index (χ0n) is 12.7. The first-order chi connectivity index (χ1) is 11.6. The van der Waals surface area contributed by atoms with Crippen molar-refractivity contribution in [1.29, 1.82) is 0 Å². The highest BCUT2D eigenvalue weighted by molar-refractivity contribution is 8.18. The summed E-state index contributed by atoms with van der Waals surface area (Å²) < 4.78 is 0. The minimum Gasteiger partial charge on any atom is -0.268 e. The van der Waals surface area contributed by atoms with Crippen molar-refractivity contribution in [2.24, 2.45) is 0 Å². The summed E-state index contributed by atoms with van der Waals surface area (Å²) in [5.74, 6) is -0.266. The molecule has 2 amide bonds. The van der Waals surface area contributed by atoms with Crippen LogP contribution in [0.4, 0.5) is 4.79 Å². The van der Waals surface area contributed by atoms with Gasteiger partial charge in [-0.1, -0.05) is 66.2 Å². The van der Waals surface area contributed by atoms with E-state index in [1.165, 1.54) is 4.90 Å². The second-order valence-corrected chi connectivity index (χ2v) is 6.62. The van der Waals surface area contributed by atoms with Gasteiger partial charge in [-0.3, -0.25) is 14.5 Å². The highest BCUT2D eigenvalue weighted by Gasteiger charge is 2.34. The number of carbonyl (C=O) groups excluding carboxylic acids is 2. The average molecular weight is 356 g/mol. The lowest BCUT2D eigenvalue weighted by molar-refractivity contribution is -0.123. The SMILES string of the molecule is O=C1S/C(=C\C=C\c2ccccc2)C(=O)N1Cc1ccc(Cl)cc1. The molecule has 1 saturated heterocycles. The molecule has 24 heavy (non-hydrogen) atoms. The summed E-state index contributed by atoms with van der Waals surface area (Å²) in [4.78, 5) is 26.1. The van der Waals surface area contributed by atoms with E-state index in [1.807, 2.05) is 48.5 Å². The topological polar surface area (TPSA) is 37.4 Å². The van der Waals surface area contributed by atoms with E-state index in [9.17, 15) is 9.59 Å². The summed E-state index contributed by atoms with van der Waals surface area (Å²) >= 11 is 6.81. The van der Waals surface area contributed by atoms with Crippen LogP contribution in [-0.4, -0.2) is 16.0 Å². The van der Waals surface area contributed by atoms with Crippen LogP contribution >= 0.6 is 23.4 Å². The summed E-state index contributed by atoms with van der Waals surface area (Å²) in [6.45, 7) is 0.252. The Bertz CT molecular complexity index is 813. The van der Waals surface area contributed by atoms with Gasteiger partial charge in [0.2, 0.25) is 0 Å². The quantitative estimate of drug-likeness (QED) is 0.713. The van der Waals surface area contributed by atoms with Crippen LogP contribution in [0.15, 0.2) is 71.7 Å². The Kier molecular flexibility index (Phi) is 5.18. The van der Waals surface area contributed by atoms with Gasteiger partial charge in [0.15, 0.2) is 0 Å². The van der Waals surface area contributed by atoms with Gasteiger partial charge in [0.1, 0.15) is 0 Å². The van der Waals surface area contributed by atoms with E-state index in [-0.39, 0.29) is 17.7 Å². The molecule has 0 N–H and O–H groups in total. The van der Waals surface area contributed by atoms with E-state index in [0.29, 0.717) is 9.93 Å². The molecule has 0 atom stereocenters. The molecular weight excluding hydrogens is 342 g/mol. The predicted octanol–water partition coefficient (Wildman–Crippen LogP) is 5.13. The van der Waals surface area contributed by atoms with Gasteiger partial charge in [-0.05, 0) is 41.1 Å². The van der Waals surface area contributed by atoms with Crippen molar-refractivity contribution in [2.45, 2.75) is 6.54 Å². The van der Waals surface area contributed by atoms with Crippen molar-refractivity contribution in [3.63, 3.8) is 0 Å². The standard InChI is InChI=1S/C19H14ClNO2S/c20-16-11-9-15(10-12-16)13-21-18(22)17(24-19(21)23)8-4-7-14-5-2-1-3-6-14/h1-12H,13H2/b7-4+,17-8-. The van der Waals surface area contributed by atoms with Gasteiger partial charge in [0.05, 0.1) is 11.4 Å². The van der Waals surface area contributed by atoms with Gasteiger partial charge in [-0.25, -0.2) is 0 Å². The number of hydrogen-bond acceptors (Lipinski definition) is 3. The molecule has 3 nitrogen and oxygen atoms in total. The Labute approximate surface area is 149 Å². The molecule has 1 fully saturated rings. The van der Waals surface area contributed by atoms with Crippen molar-refractivity contribution in [1.82, 2.24) is 4.90 Å². The second-order valence-electron chi connectivity index (χ2n) is 5.19. The van der Waals surface area contributed by atoms with Crippen LogP contribution in [0, 0.1) is 0 Å². The van der Waals surface area contributed by atoms with Crippen molar-refractivity contribution in [2.75, 3.05) is 0 Å². The lowest BCUT2D eigenvalue weighted by atomic mass is 10.2.